The summed E-state index contributed by atoms with van der Waals surface area (Å²) in [4.78, 5) is 10.7. The Bertz CT molecular complexity index is 1190. The molecule has 2 aromatic rings. The Labute approximate surface area is 187 Å². The lowest BCUT2D eigenvalue weighted by atomic mass is 10.2. The van der Waals surface area contributed by atoms with E-state index in [-0.39, 0.29) is 47.3 Å². The highest BCUT2D eigenvalue weighted by Gasteiger charge is 2.28. The maximum Gasteiger partial charge on any atom is 0.335 e. The molecule has 0 saturated heterocycles. The first kappa shape index (κ1) is 25.4. The number of carboxylic acids is 1. The zero-order valence-electron chi connectivity index (χ0n) is 18.2. The number of hydrogen-bond acceptors (Lipinski definition) is 7. The van der Waals surface area contributed by atoms with Gasteiger partial charge in [-0.2, -0.15) is 4.31 Å². The van der Waals surface area contributed by atoms with Gasteiger partial charge in [0.05, 0.1) is 25.0 Å². The van der Waals surface area contributed by atoms with Gasteiger partial charge in [0.1, 0.15) is 21.3 Å². The predicted molar refractivity (Wildman–Crippen MR) is 118 cm³/mol. The van der Waals surface area contributed by atoms with Crippen LogP contribution in [-0.4, -0.2) is 59.0 Å². The number of rotatable bonds is 11. The monoisotopic (exact) mass is 486 g/mol. The van der Waals surface area contributed by atoms with Gasteiger partial charge in [-0.25, -0.2) is 21.6 Å². The molecule has 0 atom stereocenters. The number of aromatic carboxylic acids is 1. The largest absolute Gasteiger partial charge is 0.495 e. The summed E-state index contributed by atoms with van der Waals surface area (Å²) in [5.41, 5.74) is -0.287. The molecule has 0 saturated carbocycles. The van der Waals surface area contributed by atoms with Gasteiger partial charge < -0.3 is 14.6 Å². The van der Waals surface area contributed by atoms with Crippen LogP contribution in [0.4, 0.5) is 5.69 Å². The maximum atomic E-state index is 13.1. The third kappa shape index (κ3) is 5.31. The predicted octanol–water partition coefficient (Wildman–Crippen LogP) is 2.62. The lowest BCUT2D eigenvalue weighted by Gasteiger charge is -2.21. The summed E-state index contributed by atoms with van der Waals surface area (Å²) in [5.74, 6) is -1.28. The van der Waals surface area contributed by atoms with Gasteiger partial charge >= 0.3 is 5.97 Å². The van der Waals surface area contributed by atoms with Crippen molar-refractivity contribution in [1.29, 1.82) is 0 Å². The fraction of sp³-hybridized carbons (Fsp3) is 0.350. The molecule has 0 aliphatic heterocycles. The van der Waals surface area contributed by atoms with Crippen molar-refractivity contribution < 1.29 is 36.2 Å². The smallest absolute Gasteiger partial charge is 0.335 e. The van der Waals surface area contributed by atoms with Crippen molar-refractivity contribution in [3.05, 3.63) is 42.0 Å². The molecular formula is C20H26N2O8S2. The minimum Gasteiger partial charge on any atom is -0.495 e. The molecule has 0 aromatic heterocycles. The first-order valence-corrected chi connectivity index (χ1v) is 12.6. The first-order valence-electron chi connectivity index (χ1n) is 9.72. The van der Waals surface area contributed by atoms with E-state index in [2.05, 4.69) is 4.72 Å². The van der Waals surface area contributed by atoms with E-state index in [4.69, 9.17) is 9.47 Å². The molecule has 0 unspecified atom stereocenters. The second kappa shape index (κ2) is 10.2. The molecule has 32 heavy (non-hydrogen) atoms. The molecule has 0 heterocycles. The van der Waals surface area contributed by atoms with Crippen molar-refractivity contribution in [2.24, 2.45) is 0 Å². The van der Waals surface area contributed by atoms with E-state index < -0.39 is 30.9 Å². The number of anilines is 1. The SMILES string of the molecule is CCOc1ccc(NS(=O)(=O)c2cc(C(=O)O)ccc2OC)cc1S(=O)(=O)N(CC)CC. The van der Waals surface area contributed by atoms with Crippen LogP contribution < -0.4 is 14.2 Å². The summed E-state index contributed by atoms with van der Waals surface area (Å²) in [7, 11) is -7.02. The Hall–Kier alpha value is -2.83. The van der Waals surface area contributed by atoms with Crippen LogP contribution in [-0.2, 0) is 20.0 Å². The number of benzene rings is 2. The van der Waals surface area contributed by atoms with Crippen molar-refractivity contribution in [1.82, 2.24) is 4.31 Å². The Balaban J connectivity index is 2.58. The molecule has 176 valence electrons. The van der Waals surface area contributed by atoms with Crippen LogP contribution in [0.25, 0.3) is 0 Å². The van der Waals surface area contributed by atoms with E-state index in [0.29, 0.717) is 0 Å². The zero-order chi connectivity index (χ0) is 24.1. The number of sulfonamides is 2. The number of carbonyl (C=O) groups is 1. The molecule has 0 bridgehead atoms. The number of carboxylic acid groups (broad SMARTS) is 1. The van der Waals surface area contributed by atoms with Crippen LogP contribution in [0.1, 0.15) is 31.1 Å². The summed E-state index contributed by atoms with van der Waals surface area (Å²) in [6.07, 6.45) is 0. The molecule has 2 rings (SSSR count). The van der Waals surface area contributed by atoms with E-state index >= 15 is 0 Å². The highest BCUT2D eigenvalue weighted by Crippen LogP contribution is 2.32. The molecule has 12 heteroatoms. The van der Waals surface area contributed by atoms with Gasteiger partial charge in [0, 0.05) is 13.1 Å². The van der Waals surface area contributed by atoms with E-state index in [9.17, 15) is 26.7 Å². The normalized spacial score (nSPS) is 11.9. The van der Waals surface area contributed by atoms with Crippen molar-refractivity contribution in [2.75, 3.05) is 31.5 Å². The molecule has 0 aliphatic carbocycles. The lowest BCUT2D eigenvalue weighted by molar-refractivity contribution is 0.0696. The fourth-order valence-corrected chi connectivity index (χ4v) is 5.84. The molecule has 0 spiro atoms. The standard InChI is InChI=1S/C20H26N2O8S2/c1-5-22(6-2)32(27,28)19-13-15(9-11-17(19)30-7-3)21-31(25,26)18-12-14(20(23)24)8-10-16(18)29-4/h8-13,21H,5-7H2,1-4H3,(H,23,24). The molecule has 2 N–H and O–H groups in total. The van der Waals surface area contributed by atoms with Crippen LogP contribution >= 0.6 is 0 Å². The van der Waals surface area contributed by atoms with E-state index in [1.165, 1.54) is 41.7 Å². The summed E-state index contributed by atoms with van der Waals surface area (Å²) in [6.45, 7) is 5.74. The van der Waals surface area contributed by atoms with Gasteiger partial charge in [0.2, 0.25) is 10.0 Å². The van der Waals surface area contributed by atoms with Gasteiger partial charge in [-0.15, -0.1) is 0 Å². The summed E-state index contributed by atoms with van der Waals surface area (Å²) < 4.78 is 66.2. The fourth-order valence-electron chi connectivity index (χ4n) is 2.98. The number of hydrogen-bond donors (Lipinski definition) is 2. The molecule has 10 nitrogen and oxygen atoms in total. The van der Waals surface area contributed by atoms with Crippen LogP contribution in [0.5, 0.6) is 11.5 Å². The second-order valence-corrected chi connectivity index (χ2v) is 10.0. The Morgan fingerprint density at radius 3 is 2.12 bits per heavy atom. The van der Waals surface area contributed by atoms with Crippen LogP contribution in [0, 0.1) is 0 Å². The van der Waals surface area contributed by atoms with E-state index in [0.717, 1.165) is 6.07 Å². The van der Waals surface area contributed by atoms with Gasteiger partial charge in [0.25, 0.3) is 10.0 Å². The molecule has 0 radical (unpaired) electrons. The second-order valence-electron chi connectivity index (χ2n) is 6.46. The van der Waals surface area contributed by atoms with E-state index in [1.54, 1.807) is 20.8 Å². The van der Waals surface area contributed by atoms with Crippen LogP contribution in [0.3, 0.4) is 0 Å². The Morgan fingerprint density at radius 1 is 0.969 bits per heavy atom. The number of methoxy groups -OCH3 is 1. The third-order valence-electron chi connectivity index (χ3n) is 4.52. The maximum absolute atomic E-state index is 13.1. The van der Waals surface area contributed by atoms with Gasteiger partial charge in [0.15, 0.2) is 0 Å². The highest BCUT2D eigenvalue weighted by atomic mass is 32.2. The van der Waals surface area contributed by atoms with Crippen molar-refractivity contribution in [3.63, 3.8) is 0 Å². The number of ether oxygens (including phenoxy) is 2. The highest BCUT2D eigenvalue weighted by molar-refractivity contribution is 7.92. The summed E-state index contributed by atoms with van der Waals surface area (Å²) in [5, 5.41) is 9.19. The minimum atomic E-state index is -4.32. The summed E-state index contributed by atoms with van der Waals surface area (Å²) >= 11 is 0. The molecular weight excluding hydrogens is 460 g/mol. The molecule has 0 fully saturated rings. The lowest BCUT2D eigenvalue weighted by Crippen LogP contribution is -2.31. The van der Waals surface area contributed by atoms with Crippen molar-refractivity contribution in [3.8, 4) is 11.5 Å². The van der Waals surface area contributed by atoms with Gasteiger partial charge in [-0.05, 0) is 43.3 Å². The average molecular weight is 487 g/mol. The van der Waals surface area contributed by atoms with Crippen LogP contribution in [0.15, 0.2) is 46.2 Å². The van der Waals surface area contributed by atoms with Crippen LogP contribution in [0.2, 0.25) is 0 Å². The molecule has 0 aliphatic rings. The topological polar surface area (TPSA) is 139 Å². The number of nitrogens with one attached hydrogen (secondary N) is 1. The average Bonchev–Trinajstić information content (AvgIpc) is 2.74. The number of nitrogens with zero attached hydrogens (tertiary/aromatic N) is 1. The van der Waals surface area contributed by atoms with Crippen molar-refractivity contribution in [2.45, 2.75) is 30.6 Å². The molecule has 0 amide bonds. The summed E-state index contributed by atoms with van der Waals surface area (Å²) in [6, 6.07) is 7.30. The van der Waals surface area contributed by atoms with Gasteiger partial charge in [-0.1, -0.05) is 13.8 Å². The van der Waals surface area contributed by atoms with E-state index in [1.807, 2.05) is 0 Å². The van der Waals surface area contributed by atoms with Gasteiger partial charge in [-0.3, -0.25) is 4.72 Å². The Morgan fingerprint density at radius 2 is 1.59 bits per heavy atom. The third-order valence-corrected chi connectivity index (χ3v) is 7.99. The first-order chi connectivity index (χ1) is 15.0. The van der Waals surface area contributed by atoms with Crippen molar-refractivity contribution >= 4 is 31.7 Å². The minimum absolute atomic E-state index is 0.0398. The Kier molecular flexibility index (Phi) is 8.10. The molecule has 2 aromatic carbocycles. The zero-order valence-corrected chi connectivity index (χ0v) is 19.8. The quantitative estimate of drug-likeness (QED) is 0.494.